The molecule has 1 nitrogen and oxygen atoms in total. The van der Waals surface area contributed by atoms with Crippen LogP contribution in [0.5, 0.6) is 0 Å². The van der Waals surface area contributed by atoms with Crippen LogP contribution in [0, 0.1) is 0 Å². The smallest absolute Gasteiger partial charge is 0.0612 e. The maximum atomic E-state index is 8.38. The van der Waals surface area contributed by atoms with Gasteiger partial charge in [-0.1, -0.05) is 38.3 Å². The van der Waals surface area contributed by atoms with E-state index in [1.165, 1.54) is 25.7 Å². The maximum Gasteiger partial charge on any atom is 0.0612 e. The lowest BCUT2D eigenvalue weighted by Crippen LogP contribution is -1.75. The molecule has 0 radical (unpaired) electrons. The lowest BCUT2D eigenvalue weighted by molar-refractivity contribution is 0.342. The minimum atomic E-state index is 0.188. The van der Waals surface area contributed by atoms with E-state index in [1.54, 1.807) is 0 Å². The van der Waals surface area contributed by atoms with E-state index in [9.17, 15) is 0 Å². The molecule has 0 bridgehead atoms. The third-order valence-electron chi connectivity index (χ3n) is 1.50. The molecule has 1 heteroatoms. The molecule has 0 aliphatic heterocycles. The molecule has 0 heterocycles. The largest absolute Gasteiger partial charge is 0.392 e. The van der Waals surface area contributed by atoms with Crippen molar-refractivity contribution in [3.8, 4) is 0 Å². The summed E-state index contributed by atoms with van der Waals surface area (Å²) in [5.41, 5.74) is 0. The monoisotopic (exact) mass is 142 g/mol. The van der Waals surface area contributed by atoms with Gasteiger partial charge in [0.2, 0.25) is 0 Å². The predicted octanol–water partition coefficient (Wildman–Crippen LogP) is 2.51. The summed E-state index contributed by atoms with van der Waals surface area (Å²) in [6.45, 7) is 2.40. The Labute approximate surface area is 63.8 Å². The Bertz CT molecular complexity index is 76.8. The van der Waals surface area contributed by atoms with Gasteiger partial charge in [0.25, 0.3) is 0 Å². The summed E-state index contributed by atoms with van der Waals surface area (Å²) in [6.07, 6.45) is 10.2. The lowest BCUT2D eigenvalue weighted by atomic mass is 10.1. The Hall–Kier alpha value is -0.300. The predicted molar refractivity (Wildman–Crippen MR) is 45.0 cm³/mol. The molecule has 10 heavy (non-hydrogen) atoms. The van der Waals surface area contributed by atoms with Crippen molar-refractivity contribution in [2.45, 2.75) is 39.0 Å². The van der Waals surface area contributed by atoms with Crippen LogP contribution in [-0.4, -0.2) is 11.7 Å². The number of aliphatic hydroxyl groups is 1. The van der Waals surface area contributed by atoms with Crippen molar-refractivity contribution in [1.29, 1.82) is 0 Å². The summed E-state index contributed by atoms with van der Waals surface area (Å²) in [7, 11) is 0. The third kappa shape index (κ3) is 7.70. The maximum absolute atomic E-state index is 8.38. The normalized spacial score (nSPS) is 11.0. The molecular formula is C9H18O. The van der Waals surface area contributed by atoms with E-state index in [2.05, 4.69) is 13.0 Å². The molecule has 0 saturated heterocycles. The van der Waals surface area contributed by atoms with Crippen molar-refractivity contribution in [3.05, 3.63) is 12.2 Å². The van der Waals surface area contributed by atoms with E-state index in [-0.39, 0.29) is 6.61 Å². The van der Waals surface area contributed by atoms with Crippen LogP contribution in [0.1, 0.15) is 39.0 Å². The summed E-state index contributed by atoms with van der Waals surface area (Å²) in [5, 5.41) is 8.38. The topological polar surface area (TPSA) is 20.2 Å². The molecule has 0 aliphatic rings. The fourth-order valence-electron chi connectivity index (χ4n) is 0.881. The first-order chi connectivity index (χ1) is 4.91. The van der Waals surface area contributed by atoms with Gasteiger partial charge in [0, 0.05) is 0 Å². The Morgan fingerprint density at radius 2 is 1.90 bits per heavy atom. The minimum absolute atomic E-state index is 0.188. The quantitative estimate of drug-likeness (QED) is 0.446. The number of hydrogen-bond donors (Lipinski definition) is 1. The van der Waals surface area contributed by atoms with Crippen LogP contribution < -0.4 is 0 Å². The fourth-order valence-corrected chi connectivity index (χ4v) is 0.881. The highest BCUT2D eigenvalue weighted by atomic mass is 16.2. The molecule has 0 aliphatic carbocycles. The van der Waals surface area contributed by atoms with Crippen molar-refractivity contribution >= 4 is 0 Å². The van der Waals surface area contributed by atoms with Gasteiger partial charge in [0.15, 0.2) is 0 Å². The highest BCUT2D eigenvalue weighted by Crippen LogP contribution is 2.02. The van der Waals surface area contributed by atoms with E-state index < -0.39 is 0 Å². The summed E-state index contributed by atoms with van der Waals surface area (Å²) in [5.74, 6) is 0. The lowest BCUT2D eigenvalue weighted by Gasteiger charge is -1.92. The van der Waals surface area contributed by atoms with Gasteiger partial charge in [-0.3, -0.25) is 0 Å². The molecule has 0 rings (SSSR count). The van der Waals surface area contributed by atoms with Crippen LogP contribution in [0.2, 0.25) is 0 Å². The van der Waals surface area contributed by atoms with Gasteiger partial charge in [0.05, 0.1) is 6.61 Å². The van der Waals surface area contributed by atoms with Gasteiger partial charge in [0.1, 0.15) is 0 Å². The summed E-state index contributed by atoms with van der Waals surface area (Å²) in [4.78, 5) is 0. The SMILES string of the molecule is CCCCCCC=CCO. The Balaban J connectivity index is 2.83. The first-order valence-corrected chi connectivity index (χ1v) is 4.17. The van der Waals surface area contributed by atoms with Crippen molar-refractivity contribution in [2.24, 2.45) is 0 Å². The van der Waals surface area contributed by atoms with Gasteiger partial charge < -0.3 is 5.11 Å². The van der Waals surface area contributed by atoms with Crippen LogP contribution in [0.25, 0.3) is 0 Å². The molecule has 0 aromatic carbocycles. The number of rotatable bonds is 6. The summed E-state index contributed by atoms with van der Waals surface area (Å²) in [6, 6.07) is 0. The summed E-state index contributed by atoms with van der Waals surface area (Å²) < 4.78 is 0. The van der Waals surface area contributed by atoms with E-state index in [4.69, 9.17) is 5.11 Å². The van der Waals surface area contributed by atoms with Crippen LogP contribution in [0.4, 0.5) is 0 Å². The number of aliphatic hydroxyl groups excluding tert-OH is 1. The Morgan fingerprint density at radius 1 is 1.10 bits per heavy atom. The standard InChI is InChI=1S/C9H18O/c1-2-3-4-5-6-7-8-9-10/h7-8,10H,2-6,9H2,1H3. The van der Waals surface area contributed by atoms with Crippen molar-refractivity contribution in [3.63, 3.8) is 0 Å². The average Bonchev–Trinajstić information content (AvgIpc) is 1.97. The number of allylic oxidation sites excluding steroid dienone is 1. The van der Waals surface area contributed by atoms with Crippen LogP contribution in [0.15, 0.2) is 12.2 Å². The molecule has 60 valence electrons. The molecular weight excluding hydrogens is 124 g/mol. The van der Waals surface area contributed by atoms with E-state index in [0.717, 1.165) is 6.42 Å². The van der Waals surface area contributed by atoms with Crippen molar-refractivity contribution < 1.29 is 5.11 Å². The molecule has 0 amide bonds. The number of unbranched alkanes of at least 4 members (excludes halogenated alkanes) is 4. The van der Waals surface area contributed by atoms with Crippen molar-refractivity contribution in [1.82, 2.24) is 0 Å². The van der Waals surface area contributed by atoms with E-state index in [0.29, 0.717) is 0 Å². The highest BCUT2D eigenvalue weighted by Gasteiger charge is 1.82. The molecule has 0 spiro atoms. The van der Waals surface area contributed by atoms with Crippen LogP contribution in [-0.2, 0) is 0 Å². The van der Waals surface area contributed by atoms with E-state index in [1.807, 2.05) is 6.08 Å². The molecule has 0 aromatic rings. The first kappa shape index (κ1) is 9.70. The molecule has 0 atom stereocenters. The van der Waals surface area contributed by atoms with Gasteiger partial charge in [-0.15, -0.1) is 0 Å². The molecule has 0 aromatic heterocycles. The Morgan fingerprint density at radius 3 is 2.50 bits per heavy atom. The zero-order valence-electron chi connectivity index (χ0n) is 6.84. The van der Waals surface area contributed by atoms with Gasteiger partial charge in [-0.05, 0) is 12.8 Å². The zero-order valence-corrected chi connectivity index (χ0v) is 6.84. The Kier molecular flexibility index (Phi) is 8.44. The second-order valence-electron chi connectivity index (χ2n) is 2.50. The van der Waals surface area contributed by atoms with Gasteiger partial charge in [-0.2, -0.15) is 0 Å². The van der Waals surface area contributed by atoms with Gasteiger partial charge >= 0.3 is 0 Å². The van der Waals surface area contributed by atoms with Crippen LogP contribution >= 0.6 is 0 Å². The average molecular weight is 142 g/mol. The molecule has 0 unspecified atom stereocenters. The highest BCUT2D eigenvalue weighted by molar-refractivity contribution is 4.80. The molecule has 0 saturated carbocycles. The molecule has 0 fully saturated rings. The van der Waals surface area contributed by atoms with Crippen LogP contribution in [0.3, 0.4) is 0 Å². The third-order valence-corrected chi connectivity index (χ3v) is 1.50. The fraction of sp³-hybridized carbons (Fsp3) is 0.778. The van der Waals surface area contributed by atoms with E-state index >= 15 is 0 Å². The first-order valence-electron chi connectivity index (χ1n) is 4.17. The number of hydrogen-bond acceptors (Lipinski definition) is 1. The molecule has 1 N–H and O–H groups in total. The second-order valence-corrected chi connectivity index (χ2v) is 2.50. The second kappa shape index (κ2) is 8.70. The minimum Gasteiger partial charge on any atom is -0.392 e. The summed E-state index contributed by atoms with van der Waals surface area (Å²) >= 11 is 0. The van der Waals surface area contributed by atoms with Gasteiger partial charge in [-0.25, -0.2) is 0 Å². The zero-order chi connectivity index (χ0) is 7.66. The van der Waals surface area contributed by atoms with Crippen molar-refractivity contribution in [2.75, 3.05) is 6.61 Å².